The summed E-state index contributed by atoms with van der Waals surface area (Å²) in [6.07, 6.45) is 24.1. The lowest BCUT2D eigenvalue weighted by Crippen LogP contribution is -2.14. The lowest BCUT2D eigenvalue weighted by Gasteiger charge is -2.18. The summed E-state index contributed by atoms with van der Waals surface area (Å²) >= 11 is 0. The Bertz CT molecular complexity index is 1530. The zero-order valence-electron chi connectivity index (χ0n) is 42.4. The molecule has 0 radical (unpaired) electrons. The molecule has 0 aliphatic heterocycles. The molecule has 0 aliphatic rings. The topological polar surface area (TPSA) is 120 Å². The van der Waals surface area contributed by atoms with Gasteiger partial charge in [0.2, 0.25) is 0 Å². The zero-order chi connectivity index (χ0) is 47.3. The number of aliphatic hydroxyl groups is 1. The molecule has 6 atom stereocenters. The van der Waals surface area contributed by atoms with E-state index in [-0.39, 0.29) is 24.5 Å². The van der Waals surface area contributed by atoms with Crippen LogP contribution in [0.5, 0.6) is 11.5 Å². The Balaban J connectivity index is 1.94. The van der Waals surface area contributed by atoms with Gasteiger partial charge in [-0.15, -0.1) is 0 Å². The molecule has 2 rings (SSSR count). The van der Waals surface area contributed by atoms with Crippen molar-refractivity contribution < 1.29 is 29.0 Å². The Morgan fingerprint density at radius 2 is 0.922 bits per heavy atom. The second kappa shape index (κ2) is 33.2. The molecule has 0 saturated heterocycles. The van der Waals surface area contributed by atoms with Crippen LogP contribution in [0.25, 0.3) is 0 Å². The molecule has 2 aromatic rings. The number of nitrogens with one attached hydrogen (secondary N) is 1. The highest BCUT2D eigenvalue weighted by Gasteiger charge is 2.22. The lowest BCUT2D eigenvalue weighted by atomic mass is 9.91. The number of carbonyl (C=O) groups excluding carboxylic acids is 1. The van der Waals surface area contributed by atoms with Crippen LogP contribution < -0.4 is 14.8 Å². The van der Waals surface area contributed by atoms with Gasteiger partial charge in [0.25, 0.3) is 5.69 Å². The molecule has 0 bridgehead atoms. The summed E-state index contributed by atoms with van der Waals surface area (Å²) in [5.74, 6) is 6.43. The third-order valence-corrected chi connectivity index (χ3v) is 13.4. The van der Waals surface area contributed by atoms with Crippen LogP contribution in [-0.4, -0.2) is 29.3 Å². The molecule has 0 saturated carbocycles. The van der Waals surface area contributed by atoms with Crippen LogP contribution >= 0.6 is 0 Å². The van der Waals surface area contributed by atoms with E-state index < -0.39 is 11.0 Å². The van der Waals surface area contributed by atoms with E-state index in [9.17, 15) is 20.0 Å². The van der Waals surface area contributed by atoms with E-state index in [1.807, 2.05) is 0 Å². The minimum absolute atomic E-state index is 0.105. The summed E-state index contributed by atoms with van der Waals surface area (Å²) in [5, 5.41) is 24.3. The average Bonchev–Trinajstić information content (AvgIpc) is 3.23. The number of anilines is 1. The van der Waals surface area contributed by atoms with Gasteiger partial charge in [0.1, 0.15) is 6.61 Å². The van der Waals surface area contributed by atoms with Crippen LogP contribution in [0.4, 0.5) is 16.2 Å². The van der Waals surface area contributed by atoms with Gasteiger partial charge in [-0.3, -0.25) is 15.4 Å². The molecule has 2 N–H and O–H groups in total. The van der Waals surface area contributed by atoms with Crippen molar-refractivity contribution in [2.75, 3.05) is 18.5 Å². The molecule has 366 valence electrons. The second-order valence-corrected chi connectivity index (χ2v) is 21.0. The van der Waals surface area contributed by atoms with Crippen LogP contribution in [0, 0.1) is 57.5 Å². The van der Waals surface area contributed by atoms with Crippen molar-refractivity contribution in [2.24, 2.45) is 47.3 Å². The van der Waals surface area contributed by atoms with Crippen LogP contribution in [-0.2, 0) is 18.0 Å². The van der Waals surface area contributed by atoms with Crippen molar-refractivity contribution in [3.05, 3.63) is 57.6 Å². The van der Waals surface area contributed by atoms with E-state index in [4.69, 9.17) is 14.2 Å². The van der Waals surface area contributed by atoms with Crippen molar-refractivity contribution >= 4 is 17.5 Å². The molecule has 64 heavy (non-hydrogen) atoms. The first-order valence-electron chi connectivity index (χ1n) is 25.8. The van der Waals surface area contributed by atoms with E-state index in [2.05, 4.69) is 74.6 Å². The summed E-state index contributed by atoms with van der Waals surface area (Å²) in [4.78, 5) is 24.6. The Kier molecular flexibility index (Phi) is 29.5. The molecule has 1 amide bonds. The maximum absolute atomic E-state index is 12.7. The van der Waals surface area contributed by atoms with E-state index in [0.717, 1.165) is 61.2 Å². The summed E-state index contributed by atoms with van der Waals surface area (Å²) in [6.45, 7) is 23.9. The normalized spacial score (nSPS) is 14.5. The number of nitro groups is 1. The number of nitrogens with zero attached hydrogens (tertiary/aromatic N) is 1. The molecule has 9 heteroatoms. The Morgan fingerprint density at radius 1 is 0.562 bits per heavy atom. The first kappa shape index (κ1) is 56.8. The molecular weight excluding hydrogens is 801 g/mol. The number of benzene rings is 2. The number of hydrogen-bond donors (Lipinski definition) is 2. The van der Waals surface area contributed by atoms with Gasteiger partial charge in [0.05, 0.1) is 36.4 Å². The smallest absolute Gasteiger partial charge is 0.411 e. The summed E-state index contributed by atoms with van der Waals surface area (Å²) in [5.41, 5.74) is 1.25. The van der Waals surface area contributed by atoms with Gasteiger partial charge < -0.3 is 19.3 Å². The zero-order valence-corrected chi connectivity index (χ0v) is 42.4. The maximum atomic E-state index is 12.7. The van der Waals surface area contributed by atoms with Crippen LogP contribution in [0.3, 0.4) is 0 Å². The van der Waals surface area contributed by atoms with Crippen molar-refractivity contribution in [3.63, 3.8) is 0 Å². The van der Waals surface area contributed by atoms with Gasteiger partial charge in [-0.2, -0.15) is 0 Å². The number of ether oxygens (including phenoxy) is 3. The maximum Gasteiger partial charge on any atom is 0.411 e. The fraction of sp³-hybridized carbons (Fsp3) is 0.764. The highest BCUT2D eigenvalue weighted by atomic mass is 16.6. The number of amides is 1. The van der Waals surface area contributed by atoms with Gasteiger partial charge in [-0.1, -0.05) is 197 Å². The van der Waals surface area contributed by atoms with Crippen LogP contribution in [0.1, 0.15) is 209 Å². The third-order valence-electron chi connectivity index (χ3n) is 13.4. The van der Waals surface area contributed by atoms with Gasteiger partial charge in [0.15, 0.2) is 11.5 Å². The molecule has 0 aliphatic carbocycles. The largest absolute Gasteiger partial charge is 0.490 e. The average molecular weight is 895 g/mol. The highest BCUT2D eigenvalue weighted by Crippen LogP contribution is 2.36. The molecular formula is C55H94N2O7. The first-order chi connectivity index (χ1) is 30.6. The van der Waals surface area contributed by atoms with E-state index >= 15 is 0 Å². The van der Waals surface area contributed by atoms with Crippen LogP contribution in [0.2, 0.25) is 0 Å². The van der Waals surface area contributed by atoms with Crippen molar-refractivity contribution in [1.29, 1.82) is 0 Å². The second-order valence-electron chi connectivity index (χ2n) is 21.0. The fourth-order valence-electron chi connectivity index (χ4n) is 8.71. The molecule has 0 fully saturated rings. The van der Waals surface area contributed by atoms with Gasteiger partial charge in [-0.05, 0) is 83.9 Å². The van der Waals surface area contributed by atoms with E-state index in [1.165, 1.54) is 109 Å². The monoisotopic (exact) mass is 895 g/mol. The van der Waals surface area contributed by atoms with Gasteiger partial charge in [0, 0.05) is 5.69 Å². The predicted octanol–water partition coefficient (Wildman–Crippen LogP) is 16.5. The summed E-state index contributed by atoms with van der Waals surface area (Å²) in [6, 6.07) is 9.74. The first-order valence-corrected chi connectivity index (χ1v) is 25.8. The Morgan fingerprint density at radius 3 is 1.28 bits per heavy atom. The van der Waals surface area contributed by atoms with Crippen molar-refractivity contribution in [2.45, 2.75) is 211 Å². The van der Waals surface area contributed by atoms with Gasteiger partial charge in [-0.25, -0.2) is 4.79 Å². The van der Waals surface area contributed by atoms with Gasteiger partial charge >= 0.3 is 6.09 Å². The summed E-state index contributed by atoms with van der Waals surface area (Å²) < 4.78 is 18.1. The fourth-order valence-corrected chi connectivity index (χ4v) is 8.71. The third kappa shape index (κ3) is 26.6. The quantitative estimate of drug-likeness (QED) is 0.0512. The number of aliphatic hydroxyl groups excluding tert-OH is 1. The molecule has 2 unspecified atom stereocenters. The number of hydrogen-bond acceptors (Lipinski definition) is 7. The Hall–Kier alpha value is -3.33. The van der Waals surface area contributed by atoms with E-state index in [0.29, 0.717) is 47.8 Å². The number of carbonyl (C=O) groups is 1. The standard InChI is InChI=1S/C55H94N2O7/c1-41(2)17-11-19-43(5)21-13-23-45(7)25-15-27-47(9)33-35-62-53-37-50(40-64-55(59)56-51-31-29-49(39-58)30-32-51)52(57(60)61)38-54(53)63-36-34-48(10)28-16-26-46(8)24-14-22-44(6)20-12-18-42(3)4/h29-32,37-38,41-48,58H,11-28,33-36,39-40H2,1-10H3,(H,56,59)/t43-,44-,45-,46-,47?,48?/m1/s1. The number of rotatable bonds is 37. The van der Waals surface area contributed by atoms with E-state index in [1.54, 1.807) is 30.3 Å². The molecule has 0 heterocycles. The molecule has 0 aromatic heterocycles. The summed E-state index contributed by atoms with van der Waals surface area (Å²) in [7, 11) is 0. The molecule has 2 aromatic carbocycles. The number of nitro benzene ring substituents is 1. The minimum Gasteiger partial charge on any atom is -0.490 e. The minimum atomic E-state index is -0.742. The lowest BCUT2D eigenvalue weighted by molar-refractivity contribution is -0.385. The van der Waals surface area contributed by atoms with Crippen molar-refractivity contribution in [1.82, 2.24) is 0 Å². The predicted molar refractivity (Wildman–Crippen MR) is 267 cm³/mol. The highest BCUT2D eigenvalue weighted by molar-refractivity contribution is 5.84. The molecule has 9 nitrogen and oxygen atoms in total. The van der Waals surface area contributed by atoms with Crippen molar-refractivity contribution in [3.8, 4) is 11.5 Å². The molecule has 0 spiro atoms. The van der Waals surface area contributed by atoms with Crippen LogP contribution in [0.15, 0.2) is 36.4 Å². The SMILES string of the molecule is CC(C)CCC[C@@H](C)CCC[C@@H](C)CCCC(C)CCOc1cc(COC(=O)Nc2ccc(CO)cc2)c([N+](=O)[O-])cc1OCCC(C)CCC[C@H](C)CCC[C@H](C)CCCC(C)C. The Labute approximate surface area is 391 Å².